The molecule has 0 bridgehead atoms. The normalized spacial score (nSPS) is 12.6. The van der Waals surface area contributed by atoms with Crippen molar-refractivity contribution in [2.75, 3.05) is 7.11 Å². The van der Waals surface area contributed by atoms with E-state index in [4.69, 9.17) is 22.1 Å². The second-order valence-electron chi connectivity index (χ2n) is 2.83. The molecule has 0 aliphatic heterocycles. The van der Waals surface area contributed by atoms with Crippen LogP contribution >= 0.6 is 11.6 Å². The first-order valence-corrected chi connectivity index (χ1v) is 4.26. The number of nitrogens with two attached hydrogens (primary N) is 1. The van der Waals surface area contributed by atoms with Gasteiger partial charge in [-0.2, -0.15) is 0 Å². The summed E-state index contributed by atoms with van der Waals surface area (Å²) >= 11 is 5.90. The molecule has 0 saturated heterocycles. The maximum Gasteiger partial charge on any atom is 0.161 e. The Kier molecular flexibility index (Phi) is 3.01. The summed E-state index contributed by atoms with van der Waals surface area (Å²) in [5.74, 6) is 0.411. The lowest BCUT2D eigenvalue weighted by Crippen LogP contribution is -2.05. The Hall–Kier alpha value is -0.930. The second kappa shape index (κ2) is 3.85. The zero-order valence-corrected chi connectivity index (χ0v) is 8.30. The van der Waals surface area contributed by atoms with Gasteiger partial charge in [-0.25, -0.2) is 0 Å². The quantitative estimate of drug-likeness (QED) is 0.770. The zero-order chi connectivity index (χ0) is 10.0. The summed E-state index contributed by atoms with van der Waals surface area (Å²) < 4.78 is 4.89. The summed E-state index contributed by atoms with van der Waals surface area (Å²) in [6.45, 7) is 1.80. The van der Waals surface area contributed by atoms with Crippen LogP contribution in [0.25, 0.3) is 0 Å². The molecule has 0 saturated carbocycles. The van der Waals surface area contributed by atoms with Crippen LogP contribution in [0.5, 0.6) is 11.5 Å². The molecule has 1 unspecified atom stereocenters. The molecule has 0 amide bonds. The van der Waals surface area contributed by atoms with Gasteiger partial charge >= 0.3 is 0 Å². The van der Waals surface area contributed by atoms with E-state index in [0.29, 0.717) is 16.3 Å². The van der Waals surface area contributed by atoms with Gasteiger partial charge in [0.15, 0.2) is 11.5 Å². The molecule has 1 atom stereocenters. The molecule has 4 heteroatoms. The molecule has 3 nitrogen and oxygen atoms in total. The average molecular weight is 202 g/mol. The summed E-state index contributed by atoms with van der Waals surface area (Å²) in [5.41, 5.74) is 6.35. The third kappa shape index (κ3) is 2.05. The van der Waals surface area contributed by atoms with Gasteiger partial charge in [-0.1, -0.05) is 11.6 Å². The van der Waals surface area contributed by atoms with Crippen LogP contribution in [0.1, 0.15) is 18.5 Å². The molecule has 0 aliphatic carbocycles. The standard InChI is InChI=1S/C9H12ClNO2/c1-5(11)6-3-8(12)9(13-2)4-7(6)10/h3-5,12H,11H2,1-2H3. The van der Waals surface area contributed by atoms with Gasteiger partial charge in [0.2, 0.25) is 0 Å². The van der Waals surface area contributed by atoms with Crippen LogP contribution in [-0.2, 0) is 0 Å². The summed E-state index contributed by atoms with van der Waals surface area (Å²) in [7, 11) is 1.47. The Morgan fingerprint density at radius 1 is 1.54 bits per heavy atom. The van der Waals surface area contributed by atoms with Gasteiger partial charge in [-0.3, -0.25) is 0 Å². The van der Waals surface area contributed by atoms with E-state index in [1.165, 1.54) is 13.2 Å². The Balaban J connectivity index is 3.20. The SMILES string of the molecule is COc1cc(Cl)c(C(C)N)cc1O. The third-order valence-electron chi connectivity index (χ3n) is 1.79. The van der Waals surface area contributed by atoms with Crippen LogP contribution < -0.4 is 10.5 Å². The molecule has 13 heavy (non-hydrogen) atoms. The van der Waals surface area contributed by atoms with Crippen molar-refractivity contribution in [3.05, 3.63) is 22.7 Å². The second-order valence-corrected chi connectivity index (χ2v) is 3.24. The molecule has 0 heterocycles. The number of hydrogen-bond acceptors (Lipinski definition) is 3. The Labute approximate surface area is 82.1 Å². The highest BCUT2D eigenvalue weighted by Crippen LogP contribution is 2.34. The third-order valence-corrected chi connectivity index (χ3v) is 2.12. The van der Waals surface area contributed by atoms with Gasteiger partial charge < -0.3 is 15.6 Å². The van der Waals surface area contributed by atoms with E-state index in [-0.39, 0.29) is 11.8 Å². The van der Waals surface area contributed by atoms with E-state index in [0.717, 1.165) is 0 Å². The van der Waals surface area contributed by atoms with Crippen molar-refractivity contribution in [2.45, 2.75) is 13.0 Å². The molecule has 0 aromatic heterocycles. The van der Waals surface area contributed by atoms with Crippen molar-refractivity contribution >= 4 is 11.6 Å². The molecule has 0 spiro atoms. The van der Waals surface area contributed by atoms with Gasteiger partial charge in [0.25, 0.3) is 0 Å². The fourth-order valence-corrected chi connectivity index (χ4v) is 1.40. The maximum absolute atomic E-state index is 9.43. The molecule has 3 N–H and O–H groups in total. The maximum atomic E-state index is 9.43. The van der Waals surface area contributed by atoms with Crippen molar-refractivity contribution in [3.63, 3.8) is 0 Å². The lowest BCUT2D eigenvalue weighted by molar-refractivity contribution is 0.373. The number of hydrogen-bond donors (Lipinski definition) is 2. The van der Waals surface area contributed by atoms with Gasteiger partial charge in [0, 0.05) is 17.1 Å². The minimum absolute atomic E-state index is 0.0548. The Bertz CT molecular complexity index is 313. The predicted molar refractivity (Wildman–Crippen MR) is 52.3 cm³/mol. The van der Waals surface area contributed by atoms with Crippen molar-refractivity contribution in [1.29, 1.82) is 0 Å². The highest BCUT2D eigenvalue weighted by molar-refractivity contribution is 6.31. The van der Waals surface area contributed by atoms with Gasteiger partial charge in [-0.15, -0.1) is 0 Å². The smallest absolute Gasteiger partial charge is 0.161 e. The minimum atomic E-state index is -0.204. The van der Waals surface area contributed by atoms with Crippen LogP contribution in [0, 0.1) is 0 Å². The van der Waals surface area contributed by atoms with Crippen molar-refractivity contribution in [3.8, 4) is 11.5 Å². The molecule has 0 aliphatic rings. The molecule has 0 fully saturated rings. The average Bonchev–Trinajstić information content (AvgIpc) is 2.07. The molecule has 1 aromatic rings. The lowest BCUT2D eigenvalue weighted by Gasteiger charge is -2.11. The number of ether oxygens (including phenoxy) is 1. The Morgan fingerprint density at radius 2 is 2.15 bits per heavy atom. The van der Waals surface area contributed by atoms with Crippen LogP contribution in [0.4, 0.5) is 0 Å². The summed E-state index contributed by atoms with van der Waals surface area (Å²) in [6, 6.07) is 2.87. The molecule has 1 aromatic carbocycles. The fourth-order valence-electron chi connectivity index (χ4n) is 1.07. The van der Waals surface area contributed by atoms with E-state index in [2.05, 4.69) is 0 Å². The molecule has 72 valence electrons. The van der Waals surface area contributed by atoms with E-state index in [1.54, 1.807) is 13.0 Å². The monoisotopic (exact) mass is 201 g/mol. The van der Waals surface area contributed by atoms with Crippen molar-refractivity contribution in [1.82, 2.24) is 0 Å². The zero-order valence-electron chi connectivity index (χ0n) is 7.54. The largest absolute Gasteiger partial charge is 0.504 e. The first-order valence-electron chi connectivity index (χ1n) is 3.88. The van der Waals surface area contributed by atoms with Crippen molar-refractivity contribution in [2.24, 2.45) is 5.73 Å². The molecule has 0 radical (unpaired) electrons. The molecular formula is C9H12ClNO2. The number of benzene rings is 1. The predicted octanol–water partition coefficient (Wildman–Crippen LogP) is 2.07. The van der Waals surface area contributed by atoms with Crippen LogP contribution in [0.15, 0.2) is 12.1 Å². The minimum Gasteiger partial charge on any atom is -0.504 e. The van der Waals surface area contributed by atoms with Gasteiger partial charge in [-0.05, 0) is 18.6 Å². The highest BCUT2D eigenvalue weighted by Gasteiger charge is 2.10. The van der Waals surface area contributed by atoms with Crippen molar-refractivity contribution < 1.29 is 9.84 Å². The van der Waals surface area contributed by atoms with E-state index in [1.807, 2.05) is 0 Å². The molecule has 1 rings (SSSR count). The number of aromatic hydroxyl groups is 1. The number of methoxy groups -OCH3 is 1. The summed E-state index contributed by atoms with van der Waals surface area (Å²) in [4.78, 5) is 0. The van der Waals surface area contributed by atoms with E-state index >= 15 is 0 Å². The first kappa shape index (κ1) is 10.2. The summed E-state index contributed by atoms with van der Waals surface area (Å²) in [6.07, 6.45) is 0. The van der Waals surface area contributed by atoms with Gasteiger partial charge in [0.1, 0.15) is 0 Å². The van der Waals surface area contributed by atoms with Gasteiger partial charge in [0.05, 0.1) is 7.11 Å². The molecular weight excluding hydrogens is 190 g/mol. The number of halogens is 1. The van der Waals surface area contributed by atoms with Crippen LogP contribution in [-0.4, -0.2) is 12.2 Å². The first-order chi connectivity index (χ1) is 6.06. The number of phenolic OH excluding ortho intramolecular Hbond substituents is 1. The fraction of sp³-hybridized carbons (Fsp3) is 0.333. The summed E-state index contributed by atoms with van der Waals surface area (Å²) in [5, 5.41) is 9.93. The Morgan fingerprint density at radius 3 is 2.62 bits per heavy atom. The topological polar surface area (TPSA) is 55.5 Å². The number of rotatable bonds is 2. The lowest BCUT2D eigenvalue weighted by atomic mass is 10.1. The number of phenols is 1. The van der Waals surface area contributed by atoms with E-state index < -0.39 is 0 Å². The highest BCUT2D eigenvalue weighted by atomic mass is 35.5. The van der Waals surface area contributed by atoms with E-state index in [9.17, 15) is 5.11 Å². The van der Waals surface area contributed by atoms with Crippen LogP contribution in [0.3, 0.4) is 0 Å². The van der Waals surface area contributed by atoms with Crippen LogP contribution in [0.2, 0.25) is 5.02 Å².